The van der Waals surface area contributed by atoms with Gasteiger partial charge in [-0.15, -0.1) is 0 Å². The van der Waals surface area contributed by atoms with Gasteiger partial charge in [-0.1, -0.05) is 251 Å². The fourth-order valence-corrected chi connectivity index (χ4v) is 7.73. The minimum Gasteiger partial charge on any atom is -0.462 e. The molecule has 6 heteroatoms. The molecule has 0 aromatic carbocycles. The summed E-state index contributed by atoms with van der Waals surface area (Å²) in [4.78, 5) is 38.0. The zero-order valence-electron chi connectivity index (χ0n) is 47.1. The highest BCUT2D eigenvalue weighted by Crippen LogP contribution is 2.15. The maximum Gasteiger partial charge on any atom is 0.306 e. The highest BCUT2D eigenvalue weighted by molar-refractivity contribution is 5.71. The van der Waals surface area contributed by atoms with E-state index in [2.05, 4.69) is 142 Å². The Balaban J connectivity index is 4.23. The fraction of sp³-hybridized carbons (Fsp3) is 0.627. The molecule has 0 aromatic heterocycles. The molecule has 0 saturated heterocycles. The molecule has 1 unspecified atom stereocenters. The van der Waals surface area contributed by atoms with Crippen LogP contribution in [0.25, 0.3) is 0 Å². The number of unbranched alkanes of at least 4 members (excludes halogenated alkanes) is 19. The highest BCUT2D eigenvalue weighted by Gasteiger charge is 2.19. The number of hydrogen-bond donors (Lipinski definition) is 0. The summed E-state index contributed by atoms with van der Waals surface area (Å²) in [6.45, 7) is 6.29. The van der Waals surface area contributed by atoms with Crippen LogP contribution in [-0.2, 0) is 28.6 Å². The molecular formula is C67H108O6. The second-order valence-electron chi connectivity index (χ2n) is 19.1. The molecular weight excluding hydrogens is 901 g/mol. The number of esters is 3. The van der Waals surface area contributed by atoms with Crippen LogP contribution in [0.2, 0.25) is 0 Å². The van der Waals surface area contributed by atoms with Gasteiger partial charge in [0.15, 0.2) is 6.10 Å². The lowest BCUT2D eigenvalue weighted by molar-refractivity contribution is -0.166. The maximum atomic E-state index is 12.8. The molecule has 0 aliphatic carbocycles. The topological polar surface area (TPSA) is 78.9 Å². The van der Waals surface area contributed by atoms with Crippen molar-refractivity contribution in [3.05, 3.63) is 134 Å². The van der Waals surface area contributed by atoms with E-state index in [1.54, 1.807) is 0 Å². The van der Waals surface area contributed by atoms with E-state index < -0.39 is 12.1 Å². The van der Waals surface area contributed by atoms with Crippen LogP contribution >= 0.6 is 0 Å². The van der Waals surface area contributed by atoms with Gasteiger partial charge < -0.3 is 14.2 Å². The normalized spacial score (nSPS) is 13.1. The van der Waals surface area contributed by atoms with E-state index in [1.165, 1.54) is 89.9 Å². The van der Waals surface area contributed by atoms with E-state index in [0.717, 1.165) is 116 Å². The molecule has 0 heterocycles. The standard InChI is InChI=1S/C67H108O6/c1-4-7-10-13-16-19-22-24-25-26-27-28-29-30-31-32-33-34-35-36-37-38-39-40-41-43-45-48-51-54-57-60-66(69)72-63-64(62-71-65(68)59-56-53-50-47-44-21-18-15-12-9-6-3)73-67(70)61-58-55-52-49-46-42-23-20-17-14-11-8-5-2/h7-8,10-11,15-20,24-25,27-28,30-31,33-34,42,46,52,55,64H,4-6,9,12-14,21-23,26,29,32,35-41,43-45,47-51,53-54,56-63H2,1-3H3/b10-7-,11-8-,18-15-,19-16-,20-17-,25-24-,28-27-,31-30-,34-33-,46-42-,55-52-. The van der Waals surface area contributed by atoms with Gasteiger partial charge in [-0.05, 0) is 116 Å². The van der Waals surface area contributed by atoms with Gasteiger partial charge in [0.05, 0.1) is 0 Å². The summed E-state index contributed by atoms with van der Waals surface area (Å²) in [5, 5.41) is 0. The van der Waals surface area contributed by atoms with Crippen molar-refractivity contribution in [1.82, 2.24) is 0 Å². The van der Waals surface area contributed by atoms with Gasteiger partial charge in [0.25, 0.3) is 0 Å². The molecule has 412 valence electrons. The second-order valence-corrected chi connectivity index (χ2v) is 19.1. The zero-order chi connectivity index (χ0) is 52.9. The lowest BCUT2D eigenvalue weighted by Crippen LogP contribution is -2.30. The van der Waals surface area contributed by atoms with E-state index in [9.17, 15) is 14.4 Å². The Morgan fingerprint density at radius 3 is 0.904 bits per heavy atom. The average Bonchev–Trinajstić information content (AvgIpc) is 3.39. The number of ether oxygens (including phenoxy) is 3. The molecule has 0 N–H and O–H groups in total. The number of rotatable bonds is 52. The molecule has 0 bridgehead atoms. The van der Waals surface area contributed by atoms with Crippen LogP contribution in [0.1, 0.15) is 252 Å². The van der Waals surface area contributed by atoms with Crippen molar-refractivity contribution in [3.63, 3.8) is 0 Å². The molecule has 0 saturated carbocycles. The number of carbonyl (C=O) groups is 3. The molecule has 0 rings (SSSR count). The van der Waals surface area contributed by atoms with Crippen LogP contribution in [0, 0.1) is 0 Å². The van der Waals surface area contributed by atoms with Gasteiger partial charge in [-0.25, -0.2) is 0 Å². The van der Waals surface area contributed by atoms with Crippen molar-refractivity contribution in [2.45, 2.75) is 258 Å². The maximum absolute atomic E-state index is 12.8. The predicted octanol–water partition coefficient (Wildman–Crippen LogP) is 20.2. The predicted molar refractivity (Wildman–Crippen MR) is 316 cm³/mol. The minimum atomic E-state index is -0.823. The number of hydrogen-bond acceptors (Lipinski definition) is 6. The third kappa shape index (κ3) is 58.3. The van der Waals surface area contributed by atoms with Crippen molar-refractivity contribution in [1.29, 1.82) is 0 Å². The van der Waals surface area contributed by atoms with Crippen LogP contribution in [0.5, 0.6) is 0 Å². The molecule has 0 aliphatic heterocycles. The summed E-state index contributed by atoms with van der Waals surface area (Å²) < 4.78 is 16.7. The second kappa shape index (κ2) is 60.1. The van der Waals surface area contributed by atoms with Crippen molar-refractivity contribution in [2.24, 2.45) is 0 Å². The van der Waals surface area contributed by atoms with Gasteiger partial charge in [0, 0.05) is 19.3 Å². The van der Waals surface area contributed by atoms with Gasteiger partial charge in [0.1, 0.15) is 13.2 Å². The summed E-state index contributed by atoms with van der Waals surface area (Å²) in [5.74, 6) is -1.01. The lowest BCUT2D eigenvalue weighted by atomic mass is 10.0. The largest absolute Gasteiger partial charge is 0.462 e. The van der Waals surface area contributed by atoms with Crippen LogP contribution < -0.4 is 0 Å². The monoisotopic (exact) mass is 1010 g/mol. The first kappa shape index (κ1) is 68.6. The quantitative estimate of drug-likeness (QED) is 0.0261. The molecule has 6 nitrogen and oxygen atoms in total. The molecule has 0 aromatic rings. The van der Waals surface area contributed by atoms with E-state index in [1.807, 2.05) is 12.2 Å². The minimum absolute atomic E-state index is 0.113. The number of allylic oxidation sites excluding steroid dienone is 22. The Morgan fingerprint density at radius 1 is 0.288 bits per heavy atom. The van der Waals surface area contributed by atoms with Gasteiger partial charge >= 0.3 is 17.9 Å². The van der Waals surface area contributed by atoms with Crippen LogP contribution in [0.15, 0.2) is 134 Å². The summed E-state index contributed by atoms with van der Waals surface area (Å²) in [6, 6.07) is 0. The van der Waals surface area contributed by atoms with Crippen molar-refractivity contribution >= 4 is 17.9 Å². The van der Waals surface area contributed by atoms with Crippen molar-refractivity contribution in [2.75, 3.05) is 13.2 Å². The molecule has 0 radical (unpaired) electrons. The Morgan fingerprint density at radius 2 is 0.562 bits per heavy atom. The molecule has 73 heavy (non-hydrogen) atoms. The summed E-state index contributed by atoms with van der Waals surface area (Å²) in [6.07, 6.45) is 84.8. The van der Waals surface area contributed by atoms with Gasteiger partial charge in [0.2, 0.25) is 0 Å². The van der Waals surface area contributed by atoms with Crippen molar-refractivity contribution < 1.29 is 28.6 Å². The molecule has 0 fully saturated rings. The van der Waals surface area contributed by atoms with Gasteiger partial charge in [-0.3, -0.25) is 14.4 Å². The average molecular weight is 1010 g/mol. The third-order valence-electron chi connectivity index (χ3n) is 12.1. The highest BCUT2D eigenvalue weighted by atomic mass is 16.6. The van der Waals surface area contributed by atoms with Crippen LogP contribution in [-0.4, -0.2) is 37.2 Å². The van der Waals surface area contributed by atoms with E-state index in [4.69, 9.17) is 14.2 Å². The van der Waals surface area contributed by atoms with E-state index >= 15 is 0 Å². The first-order chi connectivity index (χ1) is 36.0. The Labute approximate surface area is 449 Å². The third-order valence-corrected chi connectivity index (χ3v) is 12.1. The smallest absolute Gasteiger partial charge is 0.306 e. The Bertz CT molecular complexity index is 1580. The fourth-order valence-electron chi connectivity index (χ4n) is 7.73. The Kier molecular flexibility index (Phi) is 56.4. The summed E-state index contributed by atoms with van der Waals surface area (Å²) in [7, 11) is 0. The number of carbonyl (C=O) groups excluding carboxylic acids is 3. The summed E-state index contributed by atoms with van der Waals surface area (Å²) >= 11 is 0. The molecule has 0 spiro atoms. The first-order valence-electron chi connectivity index (χ1n) is 29.7. The van der Waals surface area contributed by atoms with E-state index in [-0.39, 0.29) is 31.6 Å². The molecule has 0 aliphatic rings. The SMILES string of the molecule is CC/C=C\C/C=C\C/C=C\C/C=C\C/C=C\C/C=C\CCCCCCCCCCCCCCC(=O)OCC(COC(=O)CCCCCCC/C=C\CCCC)OC(=O)CC/C=C\C/C=C\C/C=C\C/C=C\CC. The first-order valence-corrected chi connectivity index (χ1v) is 29.7. The lowest BCUT2D eigenvalue weighted by Gasteiger charge is -2.18. The van der Waals surface area contributed by atoms with Crippen LogP contribution in [0.4, 0.5) is 0 Å². The summed E-state index contributed by atoms with van der Waals surface area (Å²) in [5.41, 5.74) is 0. The van der Waals surface area contributed by atoms with E-state index in [0.29, 0.717) is 19.3 Å². The zero-order valence-corrected chi connectivity index (χ0v) is 47.1. The van der Waals surface area contributed by atoms with Crippen molar-refractivity contribution in [3.8, 4) is 0 Å². The van der Waals surface area contributed by atoms with Gasteiger partial charge in [-0.2, -0.15) is 0 Å². The molecule has 0 amide bonds. The Hall–Kier alpha value is -4.45. The van der Waals surface area contributed by atoms with Crippen LogP contribution in [0.3, 0.4) is 0 Å². The molecule has 1 atom stereocenters.